The van der Waals surface area contributed by atoms with Gasteiger partial charge in [-0.05, 0) is 32.5 Å². The molecule has 1 aromatic carbocycles. The average molecular weight is 342 g/mol. The monoisotopic (exact) mass is 341 g/mol. The molecule has 20 heavy (non-hydrogen) atoms. The predicted molar refractivity (Wildman–Crippen MR) is 82.3 cm³/mol. The molecule has 0 aromatic heterocycles. The van der Waals surface area contributed by atoms with E-state index in [9.17, 15) is 9.59 Å². The van der Waals surface area contributed by atoms with Crippen LogP contribution in [-0.2, 0) is 11.3 Å². The number of hydrogen-bond acceptors (Lipinski definition) is 3. The average Bonchev–Trinajstić information content (AvgIpc) is 2.40. The number of nitrogens with one attached hydrogen (secondary N) is 2. The Morgan fingerprint density at radius 1 is 1.35 bits per heavy atom. The molecule has 110 valence electrons. The summed E-state index contributed by atoms with van der Waals surface area (Å²) in [7, 11) is 1.85. The number of amides is 3. The van der Waals surface area contributed by atoms with E-state index >= 15 is 0 Å². The van der Waals surface area contributed by atoms with E-state index in [1.54, 1.807) is 13.8 Å². The summed E-state index contributed by atoms with van der Waals surface area (Å²) in [6.07, 6.45) is 0. The standard InChI is InChI=1S/C14H20BrN3O2/c1-4-16-14(20)17-13(19)10(2)18(3)9-11-7-5-6-8-12(11)15/h5-8,10H,4,9H2,1-3H3,(H2,16,17,19,20)/t10-/m1/s1. The first-order chi connectivity index (χ1) is 9.45. The van der Waals surface area contributed by atoms with Gasteiger partial charge < -0.3 is 5.32 Å². The van der Waals surface area contributed by atoms with Gasteiger partial charge in [0.2, 0.25) is 5.91 Å². The van der Waals surface area contributed by atoms with E-state index in [0.29, 0.717) is 13.1 Å². The van der Waals surface area contributed by atoms with E-state index in [2.05, 4.69) is 26.6 Å². The van der Waals surface area contributed by atoms with Crippen LogP contribution in [0.5, 0.6) is 0 Å². The van der Waals surface area contributed by atoms with E-state index in [-0.39, 0.29) is 5.91 Å². The van der Waals surface area contributed by atoms with E-state index < -0.39 is 12.1 Å². The summed E-state index contributed by atoms with van der Waals surface area (Å²) in [5, 5.41) is 4.85. The molecular weight excluding hydrogens is 322 g/mol. The first-order valence-electron chi connectivity index (χ1n) is 6.48. The molecule has 0 aliphatic carbocycles. The lowest BCUT2D eigenvalue weighted by Crippen LogP contribution is -2.48. The van der Waals surface area contributed by atoms with Crippen LogP contribution in [0.25, 0.3) is 0 Å². The van der Waals surface area contributed by atoms with E-state index in [0.717, 1.165) is 10.0 Å². The summed E-state index contributed by atoms with van der Waals surface area (Å²) in [5.74, 6) is -0.314. The van der Waals surface area contributed by atoms with Gasteiger partial charge in [-0.15, -0.1) is 0 Å². The lowest BCUT2D eigenvalue weighted by molar-refractivity contribution is -0.124. The maximum atomic E-state index is 11.9. The highest BCUT2D eigenvalue weighted by Crippen LogP contribution is 2.18. The number of carbonyl (C=O) groups excluding carboxylic acids is 2. The van der Waals surface area contributed by atoms with Gasteiger partial charge in [0, 0.05) is 17.6 Å². The third-order valence-electron chi connectivity index (χ3n) is 2.99. The number of rotatable bonds is 5. The van der Waals surface area contributed by atoms with Gasteiger partial charge in [0.05, 0.1) is 6.04 Å². The summed E-state index contributed by atoms with van der Waals surface area (Å²) < 4.78 is 1.00. The molecule has 1 atom stereocenters. The van der Waals surface area contributed by atoms with Crippen molar-refractivity contribution in [3.05, 3.63) is 34.3 Å². The molecule has 0 radical (unpaired) electrons. The van der Waals surface area contributed by atoms with Gasteiger partial charge >= 0.3 is 6.03 Å². The molecule has 2 N–H and O–H groups in total. The SMILES string of the molecule is CCNC(=O)NC(=O)[C@@H](C)N(C)Cc1ccccc1Br. The second-order valence-corrected chi connectivity index (χ2v) is 5.39. The fraction of sp³-hybridized carbons (Fsp3) is 0.429. The second-order valence-electron chi connectivity index (χ2n) is 4.53. The van der Waals surface area contributed by atoms with Crippen molar-refractivity contribution in [2.45, 2.75) is 26.4 Å². The number of nitrogens with zero attached hydrogens (tertiary/aromatic N) is 1. The molecule has 5 nitrogen and oxygen atoms in total. The maximum absolute atomic E-state index is 11.9. The van der Waals surface area contributed by atoms with Crippen LogP contribution in [0.3, 0.4) is 0 Å². The Labute approximate surface area is 127 Å². The molecule has 0 aliphatic rings. The zero-order chi connectivity index (χ0) is 15.1. The molecular formula is C14H20BrN3O2. The first-order valence-corrected chi connectivity index (χ1v) is 7.27. The number of benzene rings is 1. The fourth-order valence-electron chi connectivity index (χ4n) is 1.65. The zero-order valence-corrected chi connectivity index (χ0v) is 13.5. The van der Waals surface area contributed by atoms with E-state index in [1.807, 2.05) is 36.2 Å². The summed E-state index contributed by atoms with van der Waals surface area (Å²) in [5.41, 5.74) is 1.09. The molecule has 0 unspecified atom stereocenters. The largest absolute Gasteiger partial charge is 0.338 e. The molecule has 0 saturated heterocycles. The maximum Gasteiger partial charge on any atom is 0.321 e. The van der Waals surface area contributed by atoms with Gasteiger partial charge in [-0.25, -0.2) is 4.79 Å². The van der Waals surface area contributed by atoms with Crippen molar-refractivity contribution >= 4 is 27.9 Å². The van der Waals surface area contributed by atoms with Crippen molar-refractivity contribution < 1.29 is 9.59 Å². The highest BCUT2D eigenvalue weighted by molar-refractivity contribution is 9.10. The fourth-order valence-corrected chi connectivity index (χ4v) is 2.06. The Hall–Kier alpha value is -1.40. The van der Waals surface area contributed by atoms with Gasteiger partial charge in [-0.2, -0.15) is 0 Å². The Balaban J connectivity index is 2.58. The minimum atomic E-state index is -0.460. The molecule has 0 saturated carbocycles. The van der Waals surface area contributed by atoms with Crippen LogP contribution >= 0.6 is 15.9 Å². The van der Waals surface area contributed by atoms with Gasteiger partial charge in [0.15, 0.2) is 0 Å². The van der Waals surface area contributed by atoms with Crippen molar-refractivity contribution in [3.63, 3.8) is 0 Å². The van der Waals surface area contributed by atoms with Gasteiger partial charge in [-0.3, -0.25) is 15.0 Å². The molecule has 0 fully saturated rings. The summed E-state index contributed by atoms with van der Waals surface area (Å²) in [6, 6.07) is 6.99. The number of imide groups is 1. The Kier molecular flexibility index (Phi) is 6.67. The molecule has 0 aliphatic heterocycles. The molecule has 3 amide bonds. The van der Waals surface area contributed by atoms with Gasteiger partial charge in [0.1, 0.15) is 0 Å². The Morgan fingerprint density at radius 3 is 2.60 bits per heavy atom. The predicted octanol–water partition coefficient (Wildman–Crippen LogP) is 2.12. The lowest BCUT2D eigenvalue weighted by Gasteiger charge is -2.24. The molecule has 1 rings (SSSR count). The molecule has 0 heterocycles. The number of hydrogen-bond donors (Lipinski definition) is 2. The smallest absolute Gasteiger partial charge is 0.321 e. The van der Waals surface area contributed by atoms with Gasteiger partial charge in [-0.1, -0.05) is 34.1 Å². The highest BCUT2D eigenvalue weighted by atomic mass is 79.9. The van der Waals surface area contributed by atoms with Crippen LogP contribution in [0.15, 0.2) is 28.7 Å². The summed E-state index contributed by atoms with van der Waals surface area (Å²) in [6.45, 7) is 4.67. The van der Waals surface area contributed by atoms with Crippen molar-refractivity contribution in [2.75, 3.05) is 13.6 Å². The Bertz CT molecular complexity index is 479. The third kappa shape index (κ3) is 4.94. The van der Waals surface area contributed by atoms with Crippen LogP contribution < -0.4 is 10.6 Å². The van der Waals surface area contributed by atoms with Crippen LogP contribution in [-0.4, -0.2) is 36.5 Å². The highest BCUT2D eigenvalue weighted by Gasteiger charge is 2.20. The normalized spacial score (nSPS) is 12.1. The minimum Gasteiger partial charge on any atom is -0.338 e. The van der Waals surface area contributed by atoms with E-state index in [1.165, 1.54) is 0 Å². The minimum absolute atomic E-state index is 0.314. The molecule has 6 heteroatoms. The van der Waals surface area contributed by atoms with Gasteiger partial charge in [0.25, 0.3) is 0 Å². The number of urea groups is 1. The van der Waals surface area contributed by atoms with Crippen molar-refractivity contribution in [3.8, 4) is 0 Å². The van der Waals surface area contributed by atoms with E-state index in [4.69, 9.17) is 0 Å². The van der Waals surface area contributed by atoms with Crippen LogP contribution in [0, 0.1) is 0 Å². The molecule has 0 bridgehead atoms. The zero-order valence-electron chi connectivity index (χ0n) is 11.9. The van der Waals surface area contributed by atoms with Crippen molar-refractivity contribution in [1.29, 1.82) is 0 Å². The van der Waals surface area contributed by atoms with Crippen molar-refractivity contribution in [1.82, 2.24) is 15.5 Å². The Morgan fingerprint density at radius 2 is 2.00 bits per heavy atom. The summed E-state index contributed by atoms with van der Waals surface area (Å²) >= 11 is 3.48. The number of likely N-dealkylation sites (N-methyl/N-ethyl adjacent to an activating group) is 1. The molecule has 1 aromatic rings. The van der Waals surface area contributed by atoms with Crippen LogP contribution in [0.4, 0.5) is 4.79 Å². The lowest BCUT2D eigenvalue weighted by atomic mass is 10.2. The first kappa shape index (κ1) is 16.7. The third-order valence-corrected chi connectivity index (χ3v) is 3.77. The van der Waals surface area contributed by atoms with Crippen LogP contribution in [0.2, 0.25) is 0 Å². The number of halogens is 1. The molecule has 0 spiro atoms. The number of carbonyl (C=O) groups is 2. The second kappa shape index (κ2) is 8.01. The topological polar surface area (TPSA) is 61.4 Å². The summed E-state index contributed by atoms with van der Waals surface area (Å²) in [4.78, 5) is 25.1. The van der Waals surface area contributed by atoms with Crippen molar-refractivity contribution in [2.24, 2.45) is 0 Å². The van der Waals surface area contributed by atoms with Crippen LogP contribution in [0.1, 0.15) is 19.4 Å². The quantitative estimate of drug-likeness (QED) is 0.862.